The topological polar surface area (TPSA) is 49.3 Å². The number of carbonyl (C=O) groups is 1. The van der Waals surface area contributed by atoms with Crippen LogP contribution in [-0.2, 0) is 4.79 Å². The summed E-state index contributed by atoms with van der Waals surface area (Å²) in [6, 6.07) is 0.0904. The minimum Gasteiger partial charge on any atom is -0.480 e. The lowest BCUT2D eigenvalue weighted by molar-refractivity contribution is -0.140. The van der Waals surface area contributed by atoms with Crippen molar-refractivity contribution >= 4 is 5.97 Å². The predicted octanol–water partition coefficient (Wildman–Crippen LogP) is 3.33. The average molecular weight is 241 g/mol. The van der Waals surface area contributed by atoms with E-state index in [0.29, 0.717) is 6.04 Å². The minimum absolute atomic E-state index is 0.334. The van der Waals surface area contributed by atoms with Gasteiger partial charge in [-0.3, -0.25) is 4.79 Å². The van der Waals surface area contributed by atoms with Crippen molar-refractivity contribution in [1.29, 1.82) is 0 Å². The molecule has 1 rings (SSSR count). The number of carboxylic acids is 1. The number of carboxylic acid groups (broad SMARTS) is 1. The molecule has 1 atom stereocenters. The van der Waals surface area contributed by atoms with E-state index in [1.54, 1.807) is 0 Å². The van der Waals surface area contributed by atoms with E-state index in [2.05, 4.69) is 12.2 Å². The monoisotopic (exact) mass is 241 g/mol. The van der Waals surface area contributed by atoms with E-state index in [-0.39, 0.29) is 6.04 Å². The van der Waals surface area contributed by atoms with Gasteiger partial charge in [-0.1, -0.05) is 51.9 Å². The Morgan fingerprint density at radius 3 is 2.35 bits per heavy atom. The molecule has 0 aliphatic heterocycles. The summed E-state index contributed by atoms with van der Waals surface area (Å²) in [5.41, 5.74) is 0. The first-order chi connectivity index (χ1) is 8.24. The molecule has 1 aliphatic carbocycles. The van der Waals surface area contributed by atoms with Gasteiger partial charge in [-0.15, -0.1) is 0 Å². The van der Waals surface area contributed by atoms with Gasteiger partial charge in [-0.05, 0) is 19.3 Å². The molecule has 1 aliphatic rings. The molecular formula is C14H27NO2. The van der Waals surface area contributed by atoms with Crippen LogP contribution >= 0.6 is 0 Å². The SMILES string of the molecule is CCCCC(NC1CCCCCCC1)C(=O)O. The normalized spacial score (nSPS) is 20.5. The molecule has 1 saturated carbocycles. The second kappa shape index (κ2) is 8.51. The molecule has 1 fully saturated rings. The van der Waals surface area contributed by atoms with Crippen molar-refractivity contribution in [2.45, 2.75) is 83.2 Å². The molecule has 0 amide bonds. The molecular weight excluding hydrogens is 214 g/mol. The molecule has 1 unspecified atom stereocenters. The van der Waals surface area contributed by atoms with E-state index in [4.69, 9.17) is 0 Å². The number of nitrogens with one attached hydrogen (secondary N) is 1. The average Bonchev–Trinajstić information content (AvgIpc) is 2.26. The Bertz CT molecular complexity index is 210. The standard InChI is InChI=1S/C14H27NO2/c1-2-3-11-13(14(16)17)15-12-9-7-5-4-6-8-10-12/h12-13,15H,2-11H2,1H3,(H,16,17). The van der Waals surface area contributed by atoms with Gasteiger partial charge in [0.15, 0.2) is 0 Å². The van der Waals surface area contributed by atoms with Gasteiger partial charge in [0.1, 0.15) is 6.04 Å². The Kier molecular flexibility index (Phi) is 7.25. The van der Waals surface area contributed by atoms with Crippen molar-refractivity contribution in [1.82, 2.24) is 5.32 Å². The van der Waals surface area contributed by atoms with Crippen LogP contribution in [0.15, 0.2) is 0 Å². The molecule has 3 nitrogen and oxygen atoms in total. The molecule has 3 heteroatoms. The summed E-state index contributed by atoms with van der Waals surface area (Å²) < 4.78 is 0. The third-order valence-corrected chi connectivity index (χ3v) is 3.69. The highest BCUT2D eigenvalue weighted by Gasteiger charge is 2.21. The molecule has 0 heterocycles. The largest absolute Gasteiger partial charge is 0.480 e. The highest BCUT2D eigenvalue weighted by molar-refractivity contribution is 5.73. The molecule has 0 aromatic heterocycles. The first-order valence-corrected chi connectivity index (χ1v) is 7.23. The Balaban J connectivity index is 2.37. The summed E-state index contributed by atoms with van der Waals surface area (Å²) in [5.74, 6) is -0.680. The van der Waals surface area contributed by atoms with Gasteiger partial charge in [0.05, 0.1) is 0 Å². The lowest BCUT2D eigenvalue weighted by atomic mass is 9.95. The Morgan fingerprint density at radius 1 is 1.24 bits per heavy atom. The lowest BCUT2D eigenvalue weighted by Crippen LogP contribution is -2.43. The molecule has 17 heavy (non-hydrogen) atoms. The van der Waals surface area contributed by atoms with Gasteiger partial charge >= 0.3 is 5.97 Å². The van der Waals surface area contributed by atoms with Crippen LogP contribution in [0.4, 0.5) is 0 Å². The summed E-state index contributed by atoms with van der Waals surface area (Å²) in [7, 11) is 0. The fourth-order valence-corrected chi connectivity index (χ4v) is 2.59. The van der Waals surface area contributed by atoms with Crippen LogP contribution in [0.2, 0.25) is 0 Å². The molecule has 0 spiro atoms. The summed E-state index contributed by atoms with van der Waals surface area (Å²) in [6.07, 6.45) is 11.6. The zero-order valence-corrected chi connectivity index (χ0v) is 11.1. The maximum absolute atomic E-state index is 11.2. The second-order valence-corrected chi connectivity index (χ2v) is 5.24. The summed E-state index contributed by atoms with van der Waals surface area (Å²) >= 11 is 0. The van der Waals surface area contributed by atoms with Gasteiger partial charge in [0.2, 0.25) is 0 Å². The predicted molar refractivity (Wildman–Crippen MR) is 70.2 cm³/mol. The van der Waals surface area contributed by atoms with Crippen LogP contribution in [0, 0.1) is 0 Å². The van der Waals surface area contributed by atoms with Crippen molar-refractivity contribution in [2.75, 3.05) is 0 Å². The van der Waals surface area contributed by atoms with Crippen LogP contribution < -0.4 is 5.32 Å². The number of aliphatic carboxylic acids is 1. The summed E-state index contributed by atoms with van der Waals surface area (Å²) in [6.45, 7) is 2.11. The zero-order chi connectivity index (χ0) is 12.5. The van der Waals surface area contributed by atoms with Crippen LogP contribution in [0.3, 0.4) is 0 Å². The van der Waals surface area contributed by atoms with Gasteiger partial charge in [-0.25, -0.2) is 0 Å². The molecule has 0 saturated heterocycles. The third-order valence-electron chi connectivity index (χ3n) is 3.69. The Labute approximate surface area is 105 Å². The number of hydrogen-bond acceptors (Lipinski definition) is 2. The minimum atomic E-state index is -0.680. The fourth-order valence-electron chi connectivity index (χ4n) is 2.59. The maximum Gasteiger partial charge on any atom is 0.320 e. The van der Waals surface area contributed by atoms with Gasteiger partial charge in [0.25, 0.3) is 0 Å². The van der Waals surface area contributed by atoms with Crippen LogP contribution in [0.25, 0.3) is 0 Å². The fraction of sp³-hybridized carbons (Fsp3) is 0.929. The molecule has 0 aromatic rings. The molecule has 0 aromatic carbocycles. The number of hydrogen-bond donors (Lipinski definition) is 2. The van der Waals surface area contributed by atoms with E-state index >= 15 is 0 Å². The van der Waals surface area contributed by atoms with E-state index < -0.39 is 5.97 Å². The molecule has 0 bridgehead atoms. The number of unbranched alkanes of at least 4 members (excludes halogenated alkanes) is 1. The van der Waals surface area contributed by atoms with Crippen LogP contribution in [-0.4, -0.2) is 23.2 Å². The van der Waals surface area contributed by atoms with Crippen molar-refractivity contribution in [3.63, 3.8) is 0 Å². The maximum atomic E-state index is 11.2. The highest BCUT2D eigenvalue weighted by atomic mass is 16.4. The van der Waals surface area contributed by atoms with Crippen LogP contribution in [0.5, 0.6) is 0 Å². The first-order valence-electron chi connectivity index (χ1n) is 7.23. The zero-order valence-electron chi connectivity index (χ0n) is 11.1. The first kappa shape index (κ1) is 14.5. The third kappa shape index (κ3) is 6.06. The van der Waals surface area contributed by atoms with Crippen molar-refractivity contribution in [3.8, 4) is 0 Å². The van der Waals surface area contributed by atoms with E-state index in [1.807, 2.05) is 0 Å². The van der Waals surface area contributed by atoms with Crippen LogP contribution in [0.1, 0.15) is 71.1 Å². The quantitative estimate of drug-likeness (QED) is 0.750. The Morgan fingerprint density at radius 2 is 1.82 bits per heavy atom. The smallest absolute Gasteiger partial charge is 0.320 e. The lowest BCUT2D eigenvalue weighted by Gasteiger charge is -2.25. The van der Waals surface area contributed by atoms with Crippen molar-refractivity contribution < 1.29 is 9.90 Å². The molecule has 2 N–H and O–H groups in total. The van der Waals surface area contributed by atoms with Gasteiger partial charge < -0.3 is 10.4 Å². The van der Waals surface area contributed by atoms with E-state index in [9.17, 15) is 9.90 Å². The highest BCUT2D eigenvalue weighted by Crippen LogP contribution is 2.18. The number of rotatable bonds is 6. The second-order valence-electron chi connectivity index (χ2n) is 5.24. The molecule has 100 valence electrons. The summed E-state index contributed by atoms with van der Waals surface area (Å²) in [4.78, 5) is 11.2. The van der Waals surface area contributed by atoms with E-state index in [0.717, 1.165) is 32.1 Å². The van der Waals surface area contributed by atoms with Crippen molar-refractivity contribution in [3.05, 3.63) is 0 Å². The summed E-state index contributed by atoms with van der Waals surface area (Å²) in [5, 5.41) is 12.6. The Hall–Kier alpha value is -0.570. The molecule has 0 radical (unpaired) electrons. The van der Waals surface area contributed by atoms with Gasteiger partial charge in [-0.2, -0.15) is 0 Å². The van der Waals surface area contributed by atoms with Gasteiger partial charge in [0, 0.05) is 6.04 Å². The van der Waals surface area contributed by atoms with E-state index in [1.165, 1.54) is 32.1 Å². The van der Waals surface area contributed by atoms with Crippen molar-refractivity contribution in [2.24, 2.45) is 0 Å².